The van der Waals surface area contributed by atoms with Crippen molar-refractivity contribution in [1.82, 2.24) is 10.6 Å². The summed E-state index contributed by atoms with van der Waals surface area (Å²) in [5.74, 6) is 1.11. The predicted molar refractivity (Wildman–Crippen MR) is 73.6 cm³/mol. The first-order chi connectivity index (χ1) is 8.31. The van der Waals surface area contributed by atoms with Crippen molar-refractivity contribution in [2.75, 3.05) is 26.7 Å². The van der Waals surface area contributed by atoms with Gasteiger partial charge in [-0.25, -0.2) is 0 Å². The van der Waals surface area contributed by atoms with Crippen LogP contribution in [0.4, 0.5) is 0 Å². The predicted octanol–water partition coefficient (Wildman–Crippen LogP) is 1.46. The molecule has 1 aliphatic rings. The second-order valence-electron chi connectivity index (χ2n) is 4.27. The van der Waals surface area contributed by atoms with Crippen LogP contribution in [0.1, 0.15) is 16.8 Å². The van der Waals surface area contributed by atoms with Crippen molar-refractivity contribution in [2.24, 2.45) is 5.92 Å². The molecule has 0 aliphatic carbocycles. The molecular weight excluding hydrogens is 252 g/mol. The Morgan fingerprint density at radius 3 is 2.94 bits per heavy atom. The van der Waals surface area contributed by atoms with E-state index in [4.69, 9.17) is 4.74 Å². The number of carbonyl (C=O) groups is 1. The van der Waals surface area contributed by atoms with E-state index in [0.717, 1.165) is 26.1 Å². The summed E-state index contributed by atoms with van der Waals surface area (Å²) in [6.07, 6.45) is 1.13. The zero-order chi connectivity index (χ0) is 12.1. The lowest BCUT2D eigenvalue weighted by molar-refractivity contribution is 0.0945. The molecule has 0 spiro atoms. The summed E-state index contributed by atoms with van der Waals surface area (Å²) in [5.41, 5.74) is 0.598. The zero-order valence-corrected chi connectivity index (χ0v) is 11.3. The number of amides is 1. The highest BCUT2D eigenvalue weighted by Crippen LogP contribution is 2.17. The Morgan fingerprint density at radius 1 is 1.50 bits per heavy atom. The number of rotatable bonds is 4. The zero-order valence-electron chi connectivity index (χ0n) is 10.4. The lowest BCUT2D eigenvalue weighted by Gasteiger charge is -2.11. The van der Waals surface area contributed by atoms with Gasteiger partial charge in [0.05, 0.1) is 12.7 Å². The average Bonchev–Trinajstić information content (AvgIpc) is 2.89. The molecule has 1 aromatic carbocycles. The van der Waals surface area contributed by atoms with Crippen LogP contribution >= 0.6 is 12.4 Å². The van der Waals surface area contributed by atoms with Gasteiger partial charge in [0, 0.05) is 6.54 Å². The van der Waals surface area contributed by atoms with Gasteiger partial charge < -0.3 is 15.4 Å². The normalized spacial score (nSPS) is 17.9. The van der Waals surface area contributed by atoms with Crippen LogP contribution in [0.2, 0.25) is 0 Å². The summed E-state index contributed by atoms with van der Waals surface area (Å²) in [6, 6.07) is 7.28. The highest BCUT2D eigenvalue weighted by Gasteiger charge is 2.17. The van der Waals surface area contributed by atoms with E-state index < -0.39 is 0 Å². The second kappa shape index (κ2) is 7.24. The molecule has 1 fully saturated rings. The van der Waals surface area contributed by atoms with Crippen molar-refractivity contribution in [1.29, 1.82) is 0 Å². The van der Waals surface area contributed by atoms with Crippen LogP contribution in [0.5, 0.6) is 5.75 Å². The Bertz CT molecular complexity index is 392. The van der Waals surface area contributed by atoms with Gasteiger partial charge in [0.2, 0.25) is 0 Å². The van der Waals surface area contributed by atoms with Crippen molar-refractivity contribution in [3.8, 4) is 5.75 Å². The number of nitrogens with one attached hydrogen (secondary N) is 2. The maximum atomic E-state index is 12.0. The minimum atomic E-state index is -0.0608. The van der Waals surface area contributed by atoms with Crippen LogP contribution in [-0.4, -0.2) is 32.7 Å². The minimum absolute atomic E-state index is 0. The smallest absolute Gasteiger partial charge is 0.255 e. The maximum Gasteiger partial charge on any atom is 0.255 e. The van der Waals surface area contributed by atoms with Crippen LogP contribution in [0.25, 0.3) is 0 Å². The van der Waals surface area contributed by atoms with Crippen LogP contribution in [0.3, 0.4) is 0 Å². The van der Waals surface area contributed by atoms with Gasteiger partial charge in [-0.1, -0.05) is 12.1 Å². The Morgan fingerprint density at radius 2 is 2.28 bits per heavy atom. The van der Waals surface area contributed by atoms with Crippen LogP contribution in [0, 0.1) is 5.92 Å². The Kier molecular flexibility index (Phi) is 5.95. The molecule has 0 bridgehead atoms. The lowest BCUT2D eigenvalue weighted by atomic mass is 10.1. The number of halogens is 1. The van der Waals surface area contributed by atoms with Gasteiger partial charge in [0.1, 0.15) is 5.75 Å². The molecule has 0 saturated carbocycles. The number of para-hydroxylation sites is 1. The Labute approximate surface area is 114 Å². The summed E-state index contributed by atoms with van der Waals surface area (Å²) in [7, 11) is 1.58. The molecule has 100 valence electrons. The second-order valence-corrected chi connectivity index (χ2v) is 4.27. The highest BCUT2D eigenvalue weighted by atomic mass is 35.5. The monoisotopic (exact) mass is 270 g/mol. The topological polar surface area (TPSA) is 50.4 Å². The number of ether oxygens (including phenoxy) is 1. The maximum absolute atomic E-state index is 12.0. The van der Waals surface area contributed by atoms with Gasteiger partial charge in [-0.15, -0.1) is 12.4 Å². The van der Waals surface area contributed by atoms with E-state index in [-0.39, 0.29) is 18.3 Å². The summed E-state index contributed by atoms with van der Waals surface area (Å²) >= 11 is 0. The van der Waals surface area contributed by atoms with Crippen LogP contribution in [-0.2, 0) is 0 Å². The number of benzene rings is 1. The van der Waals surface area contributed by atoms with Crippen LogP contribution in [0.15, 0.2) is 24.3 Å². The van der Waals surface area contributed by atoms with Gasteiger partial charge in [-0.2, -0.15) is 0 Å². The van der Waals surface area contributed by atoms with Crippen molar-refractivity contribution in [2.45, 2.75) is 6.42 Å². The van der Waals surface area contributed by atoms with E-state index >= 15 is 0 Å². The molecule has 1 saturated heterocycles. The molecule has 18 heavy (non-hydrogen) atoms. The molecule has 0 radical (unpaired) electrons. The SMILES string of the molecule is COc1ccccc1C(=O)NCC1CCNC1.Cl. The molecule has 1 unspecified atom stereocenters. The van der Waals surface area contributed by atoms with Gasteiger partial charge >= 0.3 is 0 Å². The molecule has 4 nitrogen and oxygen atoms in total. The standard InChI is InChI=1S/C13H18N2O2.ClH/c1-17-12-5-3-2-4-11(12)13(16)15-9-10-6-7-14-8-10;/h2-5,10,14H,6-9H2,1H3,(H,15,16);1H. The van der Waals surface area contributed by atoms with Crippen LogP contribution < -0.4 is 15.4 Å². The Balaban J connectivity index is 0.00000162. The van der Waals surface area contributed by atoms with Crippen molar-refractivity contribution >= 4 is 18.3 Å². The van der Waals surface area contributed by atoms with E-state index in [2.05, 4.69) is 10.6 Å². The molecule has 0 aromatic heterocycles. The number of carbonyl (C=O) groups excluding carboxylic acids is 1. The number of hydrogen-bond acceptors (Lipinski definition) is 3. The fourth-order valence-electron chi connectivity index (χ4n) is 2.05. The summed E-state index contributed by atoms with van der Waals surface area (Å²) in [6.45, 7) is 2.77. The van der Waals surface area contributed by atoms with E-state index in [0.29, 0.717) is 17.2 Å². The summed E-state index contributed by atoms with van der Waals surface area (Å²) < 4.78 is 5.17. The van der Waals surface area contributed by atoms with Gasteiger partial charge in [0.25, 0.3) is 5.91 Å². The van der Waals surface area contributed by atoms with E-state index in [9.17, 15) is 4.79 Å². The summed E-state index contributed by atoms with van der Waals surface area (Å²) in [4.78, 5) is 12.0. The first kappa shape index (κ1) is 14.8. The molecule has 1 atom stereocenters. The number of methoxy groups -OCH3 is 1. The minimum Gasteiger partial charge on any atom is -0.496 e. The van der Waals surface area contributed by atoms with Gasteiger partial charge in [0.15, 0.2) is 0 Å². The van der Waals surface area contributed by atoms with Crippen molar-refractivity contribution in [3.63, 3.8) is 0 Å². The fourth-order valence-corrected chi connectivity index (χ4v) is 2.05. The van der Waals surface area contributed by atoms with E-state index in [1.807, 2.05) is 12.1 Å². The molecule has 5 heteroatoms. The third-order valence-corrected chi connectivity index (χ3v) is 3.07. The first-order valence-corrected chi connectivity index (χ1v) is 5.93. The Hall–Kier alpha value is -1.26. The average molecular weight is 271 g/mol. The lowest BCUT2D eigenvalue weighted by Crippen LogP contribution is -2.30. The molecule has 1 aliphatic heterocycles. The third-order valence-electron chi connectivity index (χ3n) is 3.07. The van der Waals surface area contributed by atoms with E-state index in [1.54, 1.807) is 19.2 Å². The molecule has 1 aromatic rings. The largest absolute Gasteiger partial charge is 0.496 e. The molecule has 2 rings (SSSR count). The number of hydrogen-bond donors (Lipinski definition) is 2. The first-order valence-electron chi connectivity index (χ1n) is 5.93. The summed E-state index contributed by atoms with van der Waals surface area (Å²) in [5, 5.41) is 6.24. The third kappa shape index (κ3) is 3.62. The van der Waals surface area contributed by atoms with Crippen molar-refractivity contribution in [3.05, 3.63) is 29.8 Å². The highest BCUT2D eigenvalue weighted by molar-refractivity contribution is 5.96. The molecule has 1 amide bonds. The van der Waals surface area contributed by atoms with Gasteiger partial charge in [-0.05, 0) is 37.6 Å². The molecule has 2 N–H and O–H groups in total. The molecular formula is C13H19ClN2O2. The quantitative estimate of drug-likeness (QED) is 0.871. The van der Waals surface area contributed by atoms with Crippen molar-refractivity contribution < 1.29 is 9.53 Å². The molecule has 1 heterocycles. The van der Waals surface area contributed by atoms with Gasteiger partial charge in [-0.3, -0.25) is 4.79 Å². The van der Waals surface area contributed by atoms with E-state index in [1.165, 1.54) is 0 Å². The fraction of sp³-hybridized carbons (Fsp3) is 0.462.